The molecule has 1 amide bonds. The molecule has 0 spiro atoms. The summed E-state index contributed by atoms with van der Waals surface area (Å²) in [5.41, 5.74) is -0.356. The van der Waals surface area contributed by atoms with Crippen LogP contribution in [0.2, 0.25) is 0 Å². The number of aliphatic hydroxyl groups excluding tert-OH is 1. The molecule has 0 aromatic carbocycles. The number of nitrogens with zero attached hydrogens (tertiary/aromatic N) is 2. The van der Waals surface area contributed by atoms with Crippen LogP contribution in [0.3, 0.4) is 0 Å². The number of hydrogen-bond donors (Lipinski definition) is 3. The highest BCUT2D eigenvalue weighted by atomic mass is 32.1. The molecule has 2 rings (SSSR count). The van der Waals surface area contributed by atoms with Crippen molar-refractivity contribution in [2.45, 2.75) is 19.0 Å². The van der Waals surface area contributed by atoms with Crippen molar-refractivity contribution in [1.29, 1.82) is 0 Å². The van der Waals surface area contributed by atoms with Gasteiger partial charge in [0.15, 0.2) is 0 Å². The maximum atomic E-state index is 12.1. The summed E-state index contributed by atoms with van der Waals surface area (Å²) < 4.78 is 1.11. The van der Waals surface area contributed by atoms with E-state index in [0.29, 0.717) is 10.2 Å². The molecule has 2 heterocycles. The van der Waals surface area contributed by atoms with Crippen molar-refractivity contribution < 1.29 is 19.8 Å². The van der Waals surface area contributed by atoms with Crippen LogP contribution in [0, 0.1) is 0 Å². The zero-order valence-corrected chi connectivity index (χ0v) is 11.7. The van der Waals surface area contributed by atoms with Crippen molar-refractivity contribution in [1.82, 2.24) is 14.9 Å². The van der Waals surface area contributed by atoms with E-state index in [-0.39, 0.29) is 25.1 Å². The zero-order chi connectivity index (χ0) is 15.4. The number of rotatable bonds is 6. The lowest BCUT2D eigenvalue weighted by atomic mass is 10.2. The normalized spacial score (nSPS) is 12.2. The lowest BCUT2D eigenvalue weighted by Gasteiger charge is -2.13. The number of carboxylic acids is 1. The van der Waals surface area contributed by atoms with E-state index >= 15 is 0 Å². The number of amides is 1. The average Bonchev–Trinajstić information content (AvgIpc) is 2.90. The van der Waals surface area contributed by atoms with Crippen LogP contribution in [0.1, 0.15) is 6.42 Å². The van der Waals surface area contributed by atoms with Gasteiger partial charge in [-0.3, -0.25) is 14.2 Å². The monoisotopic (exact) mass is 311 g/mol. The van der Waals surface area contributed by atoms with Crippen LogP contribution in [0.25, 0.3) is 10.2 Å². The number of aliphatic hydroxyl groups is 1. The Morgan fingerprint density at radius 1 is 1.48 bits per heavy atom. The summed E-state index contributed by atoms with van der Waals surface area (Å²) in [6.45, 7) is -0.688. The highest BCUT2D eigenvalue weighted by Gasteiger charge is 2.19. The van der Waals surface area contributed by atoms with Crippen molar-refractivity contribution in [3.8, 4) is 0 Å². The summed E-state index contributed by atoms with van der Waals surface area (Å²) in [5, 5.41) is 22.0. The molecule has 0 aliphatic rings. The molecule has 0 unspecified atom stereocenters. The van der Waals surface area contributed by atoms with E-state index in [0.717, 1.165) is 4.57 Å². The number of nitrogens with one attached hydrogen (secondary N) is 1. The Hall–Kier alpha value is -2.26. The first-order chi connectivity index (χ1) is 10.0. The second kappa shape index (κ2) is 6.46. The minimum atomic E-state index is -1.24. The van der Waals surface area contributed by atoms with Gasteiger partial charge in [-0.15, -0.1) is 11.3 Å². The third kappa shape index (κ3) is 3.44. The Morgan fingerprint density at radius 2 is 2.24 bits per heavy atom. The van der Waals surface area contributed by atoms with Crippen molar-refractivity contribution in [3.63, 3.8) is 0 Å². The molecule has 2 aromatic rings. The van der Waals surface area contributed by atoms with Gasteiger partial charge in [0.2, 0.25) is 5.91 Å². The summed E-state index contributed by atoms with van der Waals surface area (Å²) in [6.07, 6.45) is 1.15. The quantitative estimate of drug-likeness (QED) is 0.655. The first-order valence-corrected chi connectivity index (χ1v) is 6.96. The van der Waals surface area contributed by atoms with E-state index in [1.54, 1.807) is 11.4 Å². The van der Waals surface area contributed by atoms with Gasteiger partial charge in [-0.25, -0.2) is 9.78 Å². The van der Waals surface area contributed by atoms with Crippen LogP contribution < -0.4 is 10.9 Å². The molecule has 0 radical (unpaired) electrons. The van der Waals surface area contributed by atoms with E-state index in [4.69, 9.17) is 10.2 Å². The molecule has 9 heteroatoms. The molecule has 0 saturated carbocycles. The lowest BCUT2D eigenvalue weighted by Crippen LogP contribution is -2.43. The maximum Gasteiger partial charge on any atom is 0.326 e. The number of thiophene rings is 1. The summed E-state index contributed by atoms with van der Waals surface area (Å²) in [5.74, 6) is -1.87. The van der Waals surface area contributed by atoms with Crippen LogP contribution >= 0.6 is 11.3 Å². The fourth-order valence-electron chi connectivity index (χ4n) is 1.79. The Labute approximate surface area is 122 Å². The topological polar surface area (TPSA) is 122 Å². The predicted octanol–water partition coefficient (Wildman–Crippen LogP) is -0.590. The average molecular weight is 311 g/mol. The summed E-state index contributed by atoms with van der Waals surface area (Å²) in [4.78, 5) is 39.4. The molecule has 2 aromatic heterocycles. The number of aromatic nitrogens is 2. The van der Waals surface area contributed by atoms with Gasteiger partial charge in [0.1, 0.15) is 17.4 Å². The first-order valence-electron chi connectivity index (χ1n) is 6.08. The van der Waals surface area contributed by atoms with Crippen LogP contribution in [0.4, 0.5) is 0 Å². The van der Waals surface area contributed by atoms with Crippen molar-refractivity contribution in [3.05, 3.63) is 28.1 Å². The lowest BCUT2D eigenvalue weighted by molar-refractivity contribution is -0.142. The fraction of sp³-hybridized carbons (Fsp3) is 0.333. The summed E-state index contributed by atoms with van der Waals surface area (Å²) in [7, 11) is 0. The molecule has 0 saturated heterocycles. The van der Waals surface area contributed by atoms with Crippen molar-refractivity contribution in [2.75, 3.05) is 6.61 Å². The van der Waals surface area contributed by atoms with E-state index in [2.05, 4.69) is 10.3 Å². The molecule has 1 atom stereocenters. The Balaban J connectivity index is 2.12. The number of carbonyl (C=O) groups is 2. The van der Waals surface area contributed by atoms with Crippen LogP contribution in [-0.4, -0.2) is 44.3 Å². The third-order valence-electron chi connectivity index (χ3n) is 2.82. The van der Waals surface area contributed by atoms with E-state index < -0.39 is 17.9 Å². The maximum absolute atomic E-state index is 12.1. The van der Waals surface area contributed by atoms with Gasteiger partial charge in [0.05, 0.1) is 11.7 Å². The fourth-order valence-corrected chi connectivity index (χ4v) is 2.51. The van der Waals surface area contributed by atoms with Gasteiger partial charge in [-0.05, 0) is 11.4 Å². The van der Waals surface area contributed by atoms with E-state index in [1.807, 2.05) is 0 Å². The second-order valence-electron chi connectivity index (χ2n) is 4.29. The molecule has 0 bridgehead atoms. The molecule has 8 nitrogen and oxygen atoms in total. The molecule has 112 valence electrons. The summed E-state index contributed by atoms with van der Waals surface area (Å²) >= 11 is 1.32. The van der Waals surface area contributed by atoms with Gasteiger partial charge in [0.25, 0.3) is 5.56 Å². The van der Waals surface area contributed by atoms with Crippen LogP contribution in [0.5, 0.6) is 0 Å². The zero-order valence-electron chi connectivity index (χ0n) is 10.9. The Morgan fingerprint density at radius 3 is 2.90 bits per heavy atom. The van der Waals surface area contributed by atoms with Gasteiger partial charge in [-0.2, -0.15) is 0 Å². The Kier molecular flexibility index (Phi) is 4.66. The summed E-state index contributed by atoms with van der Waals surface area (Å²) in [6, 6.07) is 0.436. The molecule has 0 fully saturated rings. The van der Waals surface area contributed by atoms with Crippen LogP contribution in [-0.2, 0) is 16.1 Å². The predicted molar refractivity (Wildman–Crippen MR) is 75.1 cm³/mol. The first kappa shape index (κ1) is 15.1. The molecule has 21 heavy (non-hydrogen) atoms. The molecule has 3 N–H and O–H groups in total. The number of aliphatic carboxylic acids is 1. The SMILES string of the molecule is O=C(Cn1cnc2sccc2c1=O)N[C@@H](CCO)C(=O)O. The number of carboxylic acid groups (broad SMARTS) is 1. The van der Waals surface area contributed by atoms with Gasteiger partial charge in [0, 0.05) is 13.0 Å². The second-order valence-corrected chi connectivity index (χ2v) is 5.18. The van der Waals surface area contributed by atoms with E-state index in [9.17, 15) is 14.4 Å². The molecular formula is C12H13N3O5S. The highest BCUT2D eigenvalue weighted by Crippen LogP contribution is 2.13. The standard InChI is InChI=1S/C12H13N3O5S/c16-3-1-8(12(19)20)14-9(17)5-15-6-13-10-7(11(15)18)2-4-21-10/h2,4,6,8,16H,1,3,5H2,(H,14,17)(H,19,20)/t8-/m0/s1. The molecule has 0 aliphatic heterocycles. The minimum absolute atomic E-state index is 0.0994. The van der Waals surface area contributed by atoms with Gasteiger partial charge >= 0.3 is 5.97 Å². The van der Waals surface area contributed by atoms with Gasteiger partial charge in [-0.1, -0.05) is 0 Å². The van der Waals surface area contributed by atoms with Crippen molar-refractivity contribution >= 4 is 33.4 Å². The number of carbonyl (C=O) groups excluding carboxylic acids is 1. The molecule has 0 aliphatic carbocycles. The van der Waals surface area contributed by atoms with Crippen molar-refractivity contribution in [2.24, 2.45) is 0 Å². The Bertz CT molecular complexity index is 723. The van der Waals surface area contributed by atoms with Gasteiger partial charge < -0.3 is 15.5 Å². The highest BCUT2D eigenvalue weighted by molar-refractivity contribution is 7.16. The van der Waals surface area contributed by atoms with Crippen LogP contribution in [0.15, 0.2) is 22.6 Å². The number of fused-ring (bicyclic) bond motifs is 1. The largest absolute Gasteiger partial charge is 0.480 e. The smallest absolute Gasteiger partial charge is 0.326 e. The number of hydrogen-bond acceptors (Lipinski definition) is 6. The minimum Gasteiger partial charge on any atom is -0.480 e. The van der Waals surface area contributed by atoms with E-state index in [1.165, 1.54) is 17.7 Å². The third-order valence-corrected chi connectivity index (χ3v) is 3.64. The molecular weight excluding hydrogens is 298 g/mol.